The number of benzene rings is 1. The van der Waals surface area contributed by atoms with Gasteiger partial charge in [-0.2, -0.15) is 0 Å². The first-order valence-corrected chi connectivity index (χ1v) is 5.52. The first-order valence-electron chi connectivity index (χ1n) is 5.52. The van der Waals surface area contributed by atoms with Gasteiger partial charge in [-0.15, -0.1) is 0 Å². The molecule has 1 aromatic rings. The Morgan fingerprint density at radius 1 is 1.20 bits per heavy atom. The monoisotopic (exact) mass is 205 g/mol. The summed E-state index contributed by atoms with van der Waals surface area (Å²) in [6.45, 7) is 3.52. The molecule has 0 amide bonds. The Morgan fingerprint density at radius 3 is 2.73 bits per heavy atom. The Bertz CT molecular complexity index is 389. The van der Waals surface area contributed by atoms with Crippen molar-refractivity contribution in [3.8, 4) is 11.5 Å². The normalized spacial score (nSPS) is 22.9. The summed E-state index contributed by atoms with van der Waals surface area (Å²) in [5.74, 6) is 1.78. The summed E-state index contributed by atoms with van der Waals surface area (Å²) in [6.07, 6.45) is 2.31. The van der Waals surface area contributed by atoms with Crippen molar-refractivity contribution in [2.24, 2.45) is 0 Å². The molecule has 2 aliphatic rings. The predicted octanol–water partition coefficient (Wildman–Crippen LogP) is 2.20. The number of hydrogen-bond acceptors (Lipinski definition) is 3. The molecule has 0 aromatic heterocycles. The second-order valence-electron chi connectivity index (χ2n) is 4.24. The zero-order chi connectivity index (χ0) is 10.3. The SMILES string of the molecule is CC1CCc2cc3c(cc2N1)OCCO3. The van der Waals surface area contributed by atoms with Crippen LogP contribution in [-0.4, -0.2) is 19.3 Å². The Kier molecular flexibility index (Phi) is 1.97. The smallest absolute Gasteiger partial charge is 0.163 e. The van der Waals surface area contributed by atoms with E-state index < -0.39 is 0 Å². The molecule has 1 aromatic carbocycles. The van der Waals surface area contributed by atoms with Crippen molar-refractivity contribution in [1.82, 2.24) is 0 Å². The van der Waals surface area contributed by atoms with Crippen molar-refractivity contribution in [1.29, 1.82) is 0 Å². The lowest BCUT2D eigenvalue weighted by atomic mass is 9.98. The maximum Gasteiger partial charge on any atom is 0.163 e. The zero-order valence-electron chi connectivity index (χ0n) is 8.88. The molecular weight excluding hydrogens is 190 g/mol. The van der Waals surface area contributed by atoms with Gasteiger partial charge in [-0.25, -0.2) is 0 Å². The number of nitrogens with one attached hydrogen (secondary N) is 1. The number of rotatable bonds is 0. The number of fused-ring (bicyclic) bond motifs is 2. The summed E-state index contributed by atoms with van der Waals surface area (Å²) in [5.41, 5.74) is 2.55. The molecule has 80 valence electrons. The molecule has 0 spiro atoms. The van der Waals surface area contributed by atoms with E-state index in [0.29, 0.717) is 19.3 Å². The lowest BCUT2D eigenvalue weighted by Gasteiger charge is -2.27. The van der Waals surface area contributed by atoms with Crippen LogP contribution in [0.5, 0.6) is 11.5 Å². The van der Waals surface area contributed by atoms with Crippen LogP contribution in [0.2, 0.25) is 0 Å². The van der Waals surface area contributed by atoms with E-state index in [1.807, 2.05) is 0 Å². The Hall–Kier alpha value is -1.38. The number of hydrogen-bond donors (Lipinski definition) is 1. The summed E-state index contributed by atoms with van der Waals surface area (Å²) in [4.78, 5) is 0. The molecule has 0 aliphatic carbocycles. The van der Waals surface area contributed by atoms with E-state index in [2.05, 4.69) is 24.4 Å². The van der Waals surface area contributed by atoms with Crippen LogP contribution in [0.3, 0.4) is 0 Å². The quantitative estimate of drug-likeness (QED) is 0.704. The highest BCUT2D eigenvalue weighted by atomic mass is 16.6. The van der Waals surface area contributed by atoms with Crippen LogP contribution in [0.1, 0.15) is 18.9 Å². The van der Waals surface area contributed by atoms with Gasteiger partial charge in [-0.3, -0.25) is 0 Å². The Labute approximate surface area is 89.4 Å². The fourth-order valence-corrected chi connectivity index (χ4v) is 2.18. The van der Waals surface area contributed by atoms with Crippen LogP contribution in [0.4, 0.5) is 5.69 Å². The topological polar surface area (TPSA) is 30.5 Å². The van der Waals surface area contributed by atoms with Crippen molar-refractivity contribution in [2.45, 2.75) is 25.8 Å². The fraction of sp³-hybridized carbons (Fsp3) is 0.500. The van der Waals surface area contributed by atoms with Crippen LogP contribution < -0.4 is 14.8 Å². The molecule has 3 heteroatoms. The van der Waals surface area contributed by atoms with Gasteiger partial charge in [0, 0.05) is 17.8 Å². The molecule has 2 heterocycles. The van der Waals surface area contributed by atoms with Gasteiger partial charge >= 0.3 is 0 Å². The minimum Gasteiger partial charge on any atom is -0.486 e. The van der Waals surface area contributed by atoms with Gasteiger partial charge in [0.05, 0.1) is 0 Å². The molecule has 0 fully saturated rings. The van der Waals surface area contributed by atoms with Gasteiger partial charge in [0.2, 0.25) is 0 Å². The van der Waals surface area contributed by atoms with Crippen molar-refractivity contribution < 1.29 is 9.47 Å². The molecule has 0 radical (unpaired) electrons. The van der Waals surface area contributed by atoms with Crippen LogP contribution in [0.15, 0.2) is 12.1 Å². The summed E-state index contributed by atoms with van der Waals surface area (Å²) in [7, 11) is 0. The average Bonchev–Trinajstić information content (AvgIpc) is 2.26. The molecule has 15 heavy (non-hydrogen) atoms. The highest BCUT2D eigenvalue weighted by molar-refractivity contribution is 5.62. The highest BCUT2D eigenvalue weighted by Crippen LogP contribution is 2.38. The van der Waals surface area contributed by atoms with Crippen molar-refractivity contribution in [2.75, 3.05) is 18.5 Å². The van der Waals surface area contributed by atoms with Gasteiger partial charge in [-0.1, -0.05) is 0 Å². The first kappa shape index (κ1) is 8.89. The standard InChI is InChI=1S/C12H15NO2/c1-8-2-3-9-6-11-12(7-10(9)13-8)15-5-4-14-11/h6-8,13H,2-5H2,1H3. The summed E-state index contributed by atoms with van der Waals surface area (Å²) in [6, 6.07) is 4.74. The molecule has 1 N–H and O–H groups in total. The lowest BCUT2D eigenvalue weighted by Crippen LogP contribution is -2.23. The van der Waals surface area contributed by atoms with E-state index in [-0.39, 0.29) is 0 Å². The largest absolute Gasteiger partial charge is 0.486 e. The molecule has 0 saturated heterocycles. The Morgan fingerprint density at radius 2 is 1.93 bits per heavy atom. The number of ether oxygens (including phenoxy) is 2. The lowest BCUT2D eigenvalue weighted by molar-refractivity contribution is 0.171. The molecule has 0 bridgehead atoms. The third-order valence-corrected chi connectivity index (χ3v) is 3.02. The van der Waals surface area contributed by atoms with E-state index in [9.17, 15) is 0 Å². The fourth-order valence-electron chi connectivity index (χ4n) is 2.18. The third kappa shape index (κ3) is 1.52. The molecule has 3 rings (SSSR count). The molecule has 1 atom stereocenters. The van der Waals surface area contributed by atoms with Gasteiger partial charge in [0.1, 0.15) is 13.2 Å². The first-order chi connectivity index (χ1) is 7.33. The second-order valence-corrected chi connectivity index (χ2v) is 4.24. The Balaban J connectivity index is 2.02. The van der Waals surface area contributed by atoms with E-state index >= 15 is 0 Å². The molecule has 1 unspecified atom stereocenters. The van der Waals surface area contributed by atoms with Gasteiger partial charge in [-0.05, 0) is 31.4 Å². The maximum atomic E-state index is 5.56. The van der Waals surface area contributed by atoms with Crippen LogP contribution >= 0.6 is 0 Å². The van der Waals surface area contributed by atoms with Crippen molar-refractivity contribution >= 4 is 5.69 Å². The van der Waals surface area contributed by atoms with E-state index in [1.54, 1.807) is 0 Å². The molecule has 0 saturated carbocycles. The summed E-state index contributed by atoms with van der Waals surface area (Å²) >= 11 is 0. The minimum absolute atomic E-state index is 0.556. The molecular formula is C12H15NO2. The summed E-state index contributed by atoms with van der Waals surface area (Å²) in [5, 5.41) is 3.47. The van der Waals surface area contributed by atoms with Crippen molar-refractivity contribution in [3.63, 3.8) is 0 Å². The minimum atomic E-state index is 0.556. The number of aryl methyl sites for hydroxylation is 1. The van der Waals surface area contributed by atoms with Crippen LogP contribution in [0.25, 0.3) is 0 Å². The van der Waals surface area contributed by atoms with Crippen LogP contribution in [0, 0.1) is 0 Å². The highest BCUT2D eigenvalue weighted by Gasteiger charge is 2.19. The van der Waals surface area contributed by atoms with Crippen LogP contribution in [-0.2, 0) is 6.42 Å². The molecule has 3 nitrogen and oxygen atoms in total. The van der Waals surface area contributed by atoms with Gasteiger partial charge in [0.25, 0.3) is 0 Å². The summed E-state index contributed by atoms with van der Waals surface area (Å²) < 4.78 is 11.1. The van der Waals surface area contributed by atoms with E-state index in [4.69, 9.17) is 9.47 Å². The second kappa shape index (κ2) is 3.33. The maximum absolute atomic E-state index is 5.56. The molecule has 2 aliphatic heterocycles. The van der Waals surface area contributed by atoms with E-state index in [1.165, 1.54) is 17.7 Å². The predicted molar refractivity (Wildman–Crippen MR) is 58.8 cm³/mol. The van der Waals surface area contributed by atoms with Gasteiger partial charge in [0.15, 0.2) is 11.5 Å². The third-order valence-electron chi connectivity index (χ3n) is 3.02. The average molecular weight is 205 g/mol. The number of anilines is 1. The zero-order valence-corrected chi connectivity index (χ0v) is 8.88. The van der Waals surface area contributed by atoms with Gasteiger partial charge < -0.3 is 14.8 Å². The van der Waals surface area contributed by atoms with Crippen molar-refractivity contribution in [3.05, 3.63) is 17.7 Å². The van der Waals surface area contributed by atoms with E-state index in [0.717, 1.165) is 17.9 Å².